The van der Waals surface area contributed by atoms with E-state index in [4.69, 9.17) is 0 Å². The first kappa shape index (κ1) is 16.9. The van der Waals surface area contributed by atoms with Crippen molar-refractivity contribution in [2.45, 2.75) is 34.2 Å². The Labute approximate surface area is 125 Å². The van der Waals surface area contributed by atoms with Crippen LogP contribution in [0.1, 0.15) is 32.6 Å². The van der Waals surface area contributed by atoms with Gasteiger partial charge >= 0.3 is 0 Å². The number of carbonyl (C=O) groups is 1. The summed E-state index contributed by atoms with van der Waals surface area (Å²) < 4.78 is 0. The molecule has 0 saturated carbocycles. The second-order valence-corrected chi connectivity index (χ2v) is 6.44. The van der Waals surface area contributed by atoms with E-state index in [2.05, 4.69) is 34.4 Å². The minimum atomic E-state index is -0.402. The molecule has 0 radical (unpaired) electrons. The second-order valence-electron chi connectivity index (χ2n) is 5.35. The number of amides is 1. The Balaban J connectivity index is 2.49. The van der Waals surface area contributed by atoms with E-state index in [0.717, 1.165) is 24.8 Å². The van der Waals surface area contributed by atoms with Crippen molar-refractivity contribution in [2.24, 2.45) is 5.41 Å². The van der Waals surface area contributed by atoms with Gasteiger partial charge in [0.1, 0.15) is 0 Å². The van der Waals surface area contributed by atoms with Crippen LogP contribution in [0.2, 0.25) is 0 Å². The number of aromatic nitrogens is 1. The minimum absolute atomic E-state index is 0.0538. The van der Waals surface area contributed by atoms with Crippen LogP contribution in [-0.4, -0.2) is 37.6 Å². The predicted molar refractivity (Wildman–Crippen MR) is 85.2 cm³/mol. The third kappa shape index (κ3) is 4.45. The predicted octanol–water partition coefficient (Wildman–Crippen LogP) is 1.85. The molecule has 1 amide bonds. The first-order valence-electron chi connectivity index (χ1n) is 7.07. The standard InChI is InChI=1S/C14H26N4OS/c1-6-18(7-2)13-17-9-11(20-13)8-16-10-14(3,4)12(19)15-5/h9,16H,6-8,10H2,1-5H3,(H,15,19). The van der Waals surface area contributed by atoms with E-state index in [1.807, 2.05) is 20.0 Å². The SMILES string of the molecule is CCN(CC)c1ncc(CNCC(C)(C)C(=O)NC)s1. The maximum atomic E-state index is 11.7. The summed E-state index contributed by atoms with van der Waals surface area (Å²) in [7, 11) is 1.67. The molecule has 0 saturated heterocycles. The lowest BCUT2D eigenvalue weighted by Gasteiger charge is -2.22. The summed E-state index contributed by atoms with van der Waals surface area (Å²) in [6.45, 7) is 11.5. The maximum Gasteiger partial charge on any atom is 0.226 e. The van der Waals surface area contributed by atoms with Gasteiger partial charge in [0.15, 0.2) is 5.13 Å². The van der Waals surface area contributed by atoms with Crippen LogP contribution in [0.5, 0.6) is 0 Å². The Hall–Kier alpha value is -1.14. The minimum Gasteiger partial charge on any atom is -0.359 e. The normalized spacial score (nSPS) is 11.4. The van der Waals surface area contributed by atoms with Gasteiger partial charge in [0.05, 0.1) is 5.41 Å². The molecule has 0 aliphatic heterocycles. The third-order valence-electron chi connectivity index (χ3n) is 3.28. The fraction of sp³-hybridized carbons (Fsp3) is 0.714. The zero-order valence-electron chi connectivity index (χ0n) is 13.1. The number of nitrogens with one attached hydrogen (secondary N) is 2. The van der Waals surface area contributed by atoms with E-state index in [-0.39, 0.29) is 5.91 Å². The van der Waals surface area contributed by atoms with Crippen LogP contribution in [0.4, 0.5) is 5.13 Å². The van der Waals surface area contributed by atoms with Gasteiger partial charge in [-0.1, -0.05) is 0 Å². The lowest BCUT2D eigenvalue weighted by atomic mass is 9.92. The highest BCUT2D eigenvalue weighted by atomic mass is 32.1. The second kappa shape index (κ2) is 7.59. The van der Waals surface area contributed by atoms with Crippen LogP contribution in [0, 0.1) is 5.41 Å². The molecule has 1 aromatic heterocycles. The van der Waals surface area contributed by atoms with Crippen molar-refractivity contribution < 1.29 is 4.79 Å². The molecular weight excluding hydrogens is 272 g/mol. The van der Waals surface area contributed by atoms with Gasteiger partial charge in [0, 0.05) is 44.3 Å². The van der Waals surface area contributed by atoms with Gasteiger partial charge < -0.3 is 15.5 Å². The van der Waals surface area contributed by atoms with Gasteiger partial charge in [-0.25, -0.2) is 4.98 Å². The quantitative estimate of drug-likeness (QED) is 0.769. The Morgan fingerprint density at radius 3 is 2.60 bits per heavy atom. The summed E-state index contributed by atoms with van der Waals surface area (Å²) in [5.41, 5.74) is -0.402. The van der Waals surface area contributed by atoms with Gasteiger partial charge in [0.25, 0.3) is 0 Å². The summed E-state index contributed by atoms with van der Waals surface area (Å²) in [4.78, 5) is 19.6. The van der Waals surface area contributed by atoms with Crippen LogP contribution in [0.15, 0.2) is 6.20 Å². The van der Waals surface area contributed by atoms with Crippen molar-refractivity contribution in [3.05, 3.63) is 11.1 Å². The van der Waals surface area contributed by atoms with Crippen LogP contribution >= 0.6 is 11.3 Å². The zero-order valence-corrected chi connectivity index (χ0v) is 13.9. The summed E-state index contributed by atoms with van der Waals surface area (Å²) in [6, 6.07) is 0. The highest BCUT2D eigenvalue weighted by molar-refractivity contribution is 7.15. The van der Waals surface area contributed by atoms with Gasteiger partial charge in [0.2, 0.25) is 5.91 Å². The van der Waals surface area contributed by atoms with E-state index in [1.165, 1.54) is 4.88 Å². The molecule has 0 aliphatic carbocycles. The Kier molecular flexibility index (Phi) is 6.42. The average molecular weight is 298 g/mol. The molecule has 0 bridgehead atoms. The van der Waals surface area contributed by atoms with Gasteiger partial charge in [-0.2, -0.15) is 0 Å². The maximum absolute atomic E-state index is 11.7. The molecule has 0 fully saturated rings. The fourth-order valence-corrected chi connectivity index (χ4v) is 2.94. The van der Waals surface area contributed by atoms with Crippen LogP contribution in [0.3, 0.4) is 0 Å². The Morgan fingerprint density at radius 2 is 2.05 bits per heavy atom. The van der Waals surface area contributed by atoms with Crippen molar-refractivity contribution >= 4 is 22.4 Å². The lowest BCUT2D eigenvalue weighted by Crippen LogP contribution is -2.41. The summed E-state index contributed by atoms with van der Waals surface area (Å²) in [5, 5.41) is 7.10. The van der Waals surface area contributed by atoms with Crippen molar-refractivity contribution in [1.29, 1.82) is 0 Å². The highest BCUT2D eigenvalue weighted by Crippen LogP contribution is 2.22. The van der Waals surface area contributed by atoms with Crippen molar-refractivity contribution in [2.75, 3.05) is 31.6 Å². The van der Waals surface area contributed by atoms with Gasteiger partial charge in [-0.3, -0.25) is 4.79 Å². The van der Waals surface area contributed by atoms with E-state index < -0.39 is 5.41 Å². The number of nitrogens with zero attached hydrogens (tertiary/aromatic N) is 2. The lowest BCUT2D eigenvalue weighted by molar-refractivity contribution is -0.128. The molecular formula is C14H26N4OS. The monoisotopic (exact) mass is 298 g/mol. The van der Waals surface area contributed by atoms with E-state index in [9.17, 15) is 4.79 Å². The molecule has 2 N–H and O–H groups in total. The molecule has 20 heavy (non-hydrogen) atoms. The number of anilines is 1. The molecule has 1 aromatic rings. The summed E-state index contributed by atoms with van der Waals surface area (Å²) >= 11 is 1.71. The molecule has 0 atom stereocenters. The van der Waals surface area contributed by atoms with Crippen LogP contribution < -0.4 is 15.5 Å². The number of hydrogen-bond acceptors (Lipinski definition) is 5. The number of thiazole rings is 1. The molecule has 114 valence electrons. The van der Waals surface area contributed by atoms with E-state index in [0.29, 0.717) is 6.54 Å². The van der Waals surface area contributed by atoms with Crippen LogP contribution in [0.25, 0.3) is 0 Å². The Bertz CT molecular complexity index is 427. The number of rotatable bonds is 8. The first-order chi connectivity index (χ1) is 9.44. The molecule has 0 unspecified atom stereocenters. The fourth-order valence-electron chi connectivity index (χ4n) is 1.94. The number of hydrogen-bond donors (Lipinski definition) is 2. The molecule has 6 heteroatoms. The largest absolute Gasteiger partial charge is 0.359 e. The molecule has 5 nitrogen and oxygen atoms in total. The van der Waals surface area contributed by atoms with Gasteiger partial charge in [-0.15, -0.1) is 11.3 Å². The topological polar surface area (TPSA) is 57.3 Å². The molecule has 0 aromatic carbocycles. The van der Waals surface area contributed by atoms with Crippen molar-refractivity contribution in [1.82, 2.24) is 15.6 Å². The molecule has 0 spiro atoms. The third-order valence-corrected chi connectivity index (χ3v) is 4.34. The van der Waals surface area contributed by atoms with Crippen molar-refractivity contribution in [3.8, 4) is 0 Å². The highest BCUT2D eigenvalue weighted by Gasteiger charge is 2.25. The van der Waals surface area contributed by atoms with Crippen LogP contribution in [-0.2, 0) is 11.3 Å². The Morgan fingerprint density at radius 1 is 1.40 bits per heavy atom. The van der Waals surface area contributed by atoms with Crippen molar-refractivity contribution in [3.63, 3.8) is 0 Å². The smallest absolute Gasteiger partial charge is 0.226 e. The molecule has 1 rings (SSSR count). The van der Waals surface area contributed by atoms with E-state index >= 15 is 0 Å². The van der Waals surface area contributed by atoms with Gasteiger partial charge in [-0.05, 0) is 27.7 Å². The molecule has 0 aliphatic rings. The summed E-state index contributed by atoms with van der Waals surface area (Å²) in [5.74, 6) is 0.0538. The molecule has 1 heterocycles. The first-order valence-corrected chi connectivity index (χ1v) is 7.88. The van der Waals surface area contributed by atoms with E-state index in [1.54, 1.807) is 18.4 Å². The number of carbonyl (C=O) groups excluding carboxylic acids is 1. The average Bonchev–Trinajstić information content (AvgIpc) is 2.87. The summed E-state index contributed by atoms with van der Waals surface area (Å²) in [6.07, 6.45) is 1.91. The zero-order chi connectivity index (χ0) is 15.2.